The van der Waals surface area contributed by atoms with E-state index in [1.54, 1.807) is 23.7 Å². The number of hydrogen-bond donors (Lipinski definition) is 0. The number of ether oxygens (including phenoxy) is 1. The highest BCUT2D eigenvalue weighted by Gasteiger charge is 2.23. The number of para-hydroxylation sites is 3. The van der Waals surface area contributed by atoms with Crippen molar-refractivity contribution in [2.45, 2.75) is 17.3 Å². The Balaban J connectivity index is 1.80. The van der Waals surface area contributed by atoms with Crippen LogP contribution in [0, 0.1) is 0 Å². The maximum atomic E-state index is 12.7. The van der Waals surface area contributed by atoms with E-state index in [2.05, 4.69) is 15.5 Å². The quantitative estimate of drug-likeness (QED) is 0.622. The summed E-state index contributed by atoms with van der Waals surface area (Å²) < 4.78 is 6.95. The molecule has 3 rings (SSSR count). The molecule has 0 aliphatic carbocycles. The van der Waals surface area contributed by atoms with Gasteiger partial charge in [-0.1, -0.05) is 42.1 Å². The van der Waals surface area contributed by atoms with Gasteiger partial charge in [0.1, 0.15) is 11.4 Å². The Morgan fingerprint density at radius 1 is 1.15 bits per heavy atom. The van der Waals surface area contributed by atoms with Gasteiger partial charge in [0.05, 0.1) is 12.4 Å². The topological polar surface area (TPSA) is 73.1 Å². The molecule has 0 aliphatic heterocycles. The van der Waals surface area contributed by atoms with Crippen LogP contribution in [0.15, 0.2) is 59.8 Å². The minimum atomic E-state index is -0.361. The van der Waals surface area contributed by atoms with Crippen LogP contribution in [-0.4, -0.2) is 45.5 Å². The summed E-state index contributed by atoms with van der Waals surface area (Å²) in [6.45, 7) is 1.84. The lowest BCUT2D eigenvalue weighted by atomic mass is 10.3. The minimum absolute atomic E-state index is 0.0317. The van der Waals surface area contributed by atoms with Crippen molar-refractivity contribution >= 4 is 23.4 Å². The molecule has 26 heavy (non-hydrogen) atoms. The molecular weight excluding hydrogens is 350 g/mol. The molecule has 1 atom stereocenters. The second-order valence-electron chi connectivity index (χ2n) is 5.54. The molecule has 0 saturated heterocycles. The number of rotatable bonds is 6. The molecule has 134 valence electrons. The fourth-order valence-corrected chi connectivity index (χ4v) is 3.36. The van der Waals surface area contributed by atoms with Gasteiger partial charge in [-0.05, 0) is 41.6 Å². The molecule has 1 unspecified atom stereocenters. The number of aromatic nitrogens is 4. The molecule has 0 fully saturated rings. The second kappa shape index (κ2) is 8.01. The van der Waals surface area contributed by atoms with E-state index in [1.165, 1.54) is 11.8 Å². The summed E-state index contributed by atoms with van der Waals surface area (Å²) in [4.78, 5) is 14.4. The van der Waals surface area contributed by atoms with Gasteiger partial charge in [0.15, 0.2) is 0 Å². The van der Waals surface area contributed by atoms with Crippen molar-refractivity contribution in [2.24, 2.45) is 0 Å². The standard InChI is InChI=1S/C18H19N5O2S/c1-13(17(24)22(2)14-9-5-4-6-10-14)26-18-19-20-21-23(18)15-11-7-8-12-16(15)25-3/h4-13H,1-3H3. The summed E-state index contributed by atoms with van der Waals surface area (Å²) in [5.74, 6) is 0.623. The van der Waals surface area contributed by atoms with Crippen LogP contribution in [0.4, 0.5) is 5.69 Å². The highest BCUT2D eigenvalue weighted by Crippen LogP contribution is 2.28. The summed E-state index contributed by atoms with van der Waals surface area (Å²) in [7, 11) is 3.36. The third-order valence-corrected chi connectivity index (χ3v) is 4.88. The SMILES string of the molecule is COc1ccccc1-n1nnnc1SC(C)C(=O)N(C)c1ccccc1. The summed E-state index contributed by atoms with van der Waals surface area (Å²) in [6.07, 6.45) is 0. The van der Waals surface area contributed by atoms with E-state index >= 15 is 0 Å². The molecule has 1 heterocycles. The molecule has 3 aromatic rings. The van der Waals surface area contributed by atoms with E-state index in [4.69, 9.17) is 4.74 Å². The van der Waals surface area contributed by atoms with Crippen molar-refractivity contribution < 1.29 is 9.53 Å². The van der Waals surface area contributed by atoms with Gasteiger partial charge >= 0.3 is 0 Å². The highest BCUT2D eigenvalue weighted by molar-refractivity contribution is 8.00. The molecular formula is C18H19N5O2S. The van der Waals surface area contributed by atoms with E-state index in [-0.39, 0.29) is 11.2 Å². The van der Waals surface area contributed by atoms with Crippen molar-refractivity contribution in [2.75, 3.05) is 19.1 Å². The first-order valence-electron chi connectivity index (χ1n) is 8.03. The van der Waals surface area contributed by atoms with E-state index in [9.17, 15) is 4.79 Å². The summed E-state index contributed by atoms with van der Waals surface area (Å²) in [5.41, 5.74) is 1.56. The third-order valence-electron chi connectivity index (χ3n) is 3.86. The molecule has 2 aromatic carbocycles. The number of methoxy groups -OCH3 is 1. The van der Waals surface area contributed by atoms with Gasteiger partial charge in [-0.15, -0.1) is 5.10 Å². The molecule has 0 saturated carbocycles. The lowest BCUT2D eigenvalue weighted by Crippen LogP contribution is -2.33. The van der Waals surface area contributed by atoms with Crippen LogP contribution in [0.1, 0.15) is 6.92 Å². The third kappa shape index (κ3) is 3.70. The first-order chi connectivity index (χ1) is 12.6. The van der Waals surface area contributed by atoms with E-state index in [0.29, 0.717) is 10.9 Å². The van der Waals surface area contributed by atoms with Crippen LogP contribution in [0.2, 0.25) is 0 Å². The smallest absolute Gasteiger partial charge is 0.240 e. The maximum Gasteiger partial charge on any atom is 0.240 e. The predicted molar refractivity (Wildman–Crippen MR) is 101 cm³/mol. The van der Waals surface area contributed by atoms with Gasteiger partial charge in [0, 0.05) is 12.7 Å². The Kier molecular flexibility index (Phi) is 5.52. The fraction of sp³-hybridized carbons (Fsp3) is 0.222. The Hall–Kier alpha value is -2.87. The van der Waals surface area contributed by atoms with Gasteiger partial charge in [0.25, 0.3) is 0 Å². The number of hydrogen-bond acceptors (Lipinski definition) is 6. The summed E-state index contributed by atoms with van der Waals surface area (Å²) in [5, 5.41) is 12.0. The van der Waals surface area contributed by atoms with E-state index in [1.807, 2.05) is 61.5 Å². The average Bonchev–Trinajstić information content (AvgIpc) is 3.15. The zero-order valence-corrected chi connectivity index (χ0v) is 15.6. The number of carbonyl (C=O) groups excluding carboxylic acids is 1. The van der Waals surface area contributed by atoms with Crippen molar-refractivity contribution in [1.82, 2.24) is 20.2 Å². The molecule has 8 heteroatoms. The molecule has 0 spiro atoms. The largest absolute Gasteiger partial charge is 0.494 e. The second-order valence-corrected chi connectivity index (χ2v) is 6.85. The van der Waals surface area contributed by atoms with Gasteiger partial charge in [0.2, 0.25) is 11.1 Å². The summed E-state index contributed by atoms with van der Waals surface area (Å²) in [6, 6.07) is 17.0. The first kappa shape index (κ1) is 17.9. The van der Waals surface area contributed by atoms with Gasteiger partial charge in [-0.3, -0.25) is 4.79 Å². The number of tetrazole rings is 1. The number of nitrogens with zero attached hydrogens (tertiary/aromatic N) is 5. The van der Waals surface area contributed by atoms with E-state index in [0.717, 1.165) is 11.4 Å². The Morgan fingerprint density at radius 2 is 1.85 bits per heavy atom. The van der Waals surface area contributed by atoms with Crippen LogP contribution in [0.5, 0.6) is 5.75 Å². The Labute approximate surface area is 156 Å². The average molecular weight is 369 g/mol. The van der Waals surface area contributed by atoms with Gasteiger partial charge < -0.3 is 9.64 Å². The van der Waals surface area contributed by atoms with Crippen molar-refractivity contribution in [3.8, 4) is 11.4 Å². The van der Waals surface area contributed by atoms with Gasteiger partial charge in [-0.2, -0.15) is 4.68 Å². The molecule has 0 N–H and O–H groups in total. The number of carbonyl (C=O) groups is 1. The number of benzene rings is 2. The van der Waals surface area contributed by atoms with Crippen molar-refractivity contribution in [1.29, 1.82) is 0 Å². The lowest BCUT2D eigenvalue weighted by Gasteiger charge is -2.21. The van der Waals surface area contributed by atoms with Crippen LogP contribution < -0.4 is 9.64 Å². The van der Waals surface area contributed by atoms with Crippen LogP contribution >= 0.6 is 11.8 Å². The lowest BCUT2D eigenvalue weighted by molar-refractivity contribution is -0.117. The number of thioether (sulfide) groups is 1. The molecule has 0 aliphatic rings. The fourth-order valence-electron chi connectivity index (χ4n) is 2.47. The molecule has 0 radical (unpaired) electrons. The number of anilines is 1. The zero-order chi connectivity index (χ0) is 18.5. The Morgan fingerprint density at radius 3 is 2.58 bits per heavy atom. The van der Waals surface area contributed by atoms with Crippen LogP contribution in [0.25, 0.3) is 5.69 Å². The molecule has 1 aromatic heterocycles. The molecule has 0 bridgehead atoms. The Bertz CT molecular complexity index is 884. The monoisotopic (exact) mass is 369 g/mol. The maximum absolute atomic E-state index is 12.7. The minimum Gasteiger partial charge on any atom is -0.494 e. The summed E-state index contributed by atoms with van der Waals surface area (Å²) >= 11 is 1.30. The first-order valence-corrected chi connectivity index (χ1v) is 8.91. The van der Waals surface area contributed by atoms with Crippen molar-refractivity contribution in [3.05, 3.63) is 54.6 Å². The van der Waals surface area contributed by atoms with Gasteiger partial charge in [-0.25, -0.2) is 0 Å². The normalized spacial score (nSPS) is 11.8. The predicted octanol–water partition coefficient (Wildman–Crippen LogP) is 2.81. The molecule has 7 nitrogen and oxygen atoms in total. The van der Waals surface area contributed by atoms with E-state index < -0.39 is 0 Å². The van der Waals surface area contributed by atoms with Crippen LogP contribution in [-0.2, 0) is 4.79 Å². The highest BCUT2D eigenvalue weighted by atomic mass is 32.2. The van der Waals surface area contributed by atoms with Crippen molar-refractivity contribution in [3.63, 3.8) is 0 Å². The molecule has 1 amide bonds. The zero-order valence-electron chi connectivity index (χ0n) is 14.7. The van der Waals surface area contributed by atoms with Crippen LogP contribution in [0.3, 0.4) is 0 Å². The number of amides is 1.